The number of nitrogens with zero attached hydrogens (tertiary/aromatic N) is 2. The molecule has 15 heavy (non-hydrogen) atoms. The molecule has 1 amide bonds. The summed E-state index contributed by atoms with van der Waals surface area (Å²) in [4.78, 5) is 21.4. The van der Waals surface area contributed by atoms with E-state index in [1.807, 2.05) is 0 Å². The van der Waals surface area contributed by atoms with Gasteiger partial charge in [-0.25, -0.2) is 0 Å². The molecule has 80 valence electrons. The molecular weight excluding hydrogens is 200 g/mol. The molecular formula is C8H10N4O3. The lowest BCUT2D eigenvalue weighted by Crippen LogP contribution is -2.17. The number of nitrogens with one attached hydrogen (secondary N) is 1. The van der Waals surface area contributed by atoms with Gasteiger partial charge in [0.15, 0.2) is 5.69 Å². The molecule has 0 unspecified atom stereocenters. The molecule has 1 aromatic rings. The van der Waals surface area contributed by atoms with Crippen LogP contribution in [0.15, 0.2) is 12.1 Å². The van der Waals surface area contributed by atoms with E-state index in [1.165, 1.54) is 19.2 Å². The van der Waals surface area contributed by atoms with E-state index < -0.39 is 11.9 Å². The second-order valence-electron chi connectivity index (χ2n) is 2.60. The third kappa shape index (κ3) is 3.22. The number of rotatable bonds is 4. The van der Waals surface area contributed by atoms with E-state index in [4.69, 9.17) is 5.73 Å². The first-order valence-electron chi connectivity index (χ1n) is 4.07. The van der Waals surface area contributed by atoms with Gasteiger partial charge in [0.05, 0.1) is 7.11 Å². The van der Waals surface area contributed by atoms with Gasteiger partial charge >= 0.3 is 5.97 Å². The number of hydrogen-bond acceptors (Lipinski definition) is 6. The molecule has 0 aliphatic heterocycles. The van der Waals surface area contributed by atoms with Crippen molar-refractivity contribution >= 4 is 17.7 Å². The first-order valence-corrected chi connectivity index (χ1v) is 4.07. The summed E-state index contributed by atoms with van der Waals surface area (Å²) in [5.74, 6) is -0.705. The highest BCUT2D eigenvalue weighted by Crippen LogP contribution is 2.00. The van der Waals surface area contributed by atoms with Crippen molar-refractivity contribution < 1.29 is 14.3 Å². The minimum absolute atomic E-state index is 0.0128. The first-order chi connectivity index (χ1) is 7.13. The minimum atomic E-state index is -0.651. The number of hydrogen-bond donors (Lipinski definition) is 2. The van der Waals surface area contributed by atoms with Crippen LogP contribution in [0.25, 0.3) is 0 Å². The van der Waals surface area contributed by atoms with Crippen molar-refractivity contribution in [3.05, 3.63) is 17.8 Å². The van der Waals surface area contributed by atoms with Crippen LogP contribution in [0.3, 0.4) is 0 Å². The average molecular weight is 210 g/mol. The zero-order valence-corrected chi connectivity index (χ0v) is 8.06. The Morgan fingerprint density at radius 2 is 2.20 bits per heavy atom. The Hall–Kier alpha value is -2.18. The Balaban J connectivity index is 2.57. The second-order valence-corrected chi connectivity index (χ2v) is 2.60. The lowest BCUT2D eigenvalue weighted by Gasteiger charge is -2.02. The largest absolute Gasteiger partial charge is 0.468 e. The molecule has 7 nitrogen and oxygen atoms in total. The van der Waals surface area contributed by atoms with Crippen molar-refractivity contribution in [2.75, 3.05) is 19.0 Å². The highest BCUT2D eigenvalue weighted by atomic mass is 16.5. The quantitative estimate of drug-likeness (QED) is 0.627. The van der Waals surface area contributed by atoms with Crippen molar-refractivity contribution in [2.24, 2.45) is 5.73 Å². The van der Waals surface area contributed by atoms with Crippen LogP contribution in [0.2, 0.25) is 0 Å². The van der Waals surface area contributed by atoms with Gasteiger partial charge in [0, 0.05) is 0 Å². The van der Waals surface area contributed by atoms with Gasteiger partial charge in [-0.3, -0.25) is 9.59 Å². The van der Waals surface area contributed by atoms with Gasteiger partial charge in [-0.15, -0.1) is 10.2 Å². The number of nitrogens with two attached hydrogens (primary N) is 1. The number of carbonyl (C=O) groups is 2. The monoisotopic (exact) mass is 210 g/mol. The molecule has 0 saturated heterocycles. The number of amides is 1. The van der Waals surface area contributed by atoms with E-state index in [2.05, 4.69) is 20.3 Å². The van der Waals surface area contributed by atoms with Gasteiger partial charge in [-0.05, 0) is 12.1 Å². The van der Waals surface area contributed by atoms with E-state index in [0.29, 0.717) is 5.82 Å². The molecule has 0 atom stereocenters. The van der Waals surface area contributed by atoms with Crippen LogP contribution in [0, 0.1) is 0 Å². The lowest BCUT2D eigenvalue weighted by molar-refractivity contribution is -0.138. The Bertz CT molecular complexity index is 363. The lowest BCUT2D eigenvalue weighted by atomic mass is 10.4. The summed E-state index contributed by atoms with van der Waals surface area (Å²) in [6.45, 7) is -0.0128. The maximum absolute atomic E-state index is 10.8. The number of aromatic nitrogens is 2. The Labute approximate surface area is 85.6 Å². The van der Waals surface area contributed by atoms with E-state index in [9.17, 15) is 9.59 Å². The van der Waals surface area contributed by atoms with E-state index in [0.717, 1.165) is 0 Å². The third-order valence-electron chi connectivity index (χ3n) is 1.56. The number of ether oxygens (including phenoxy) is 1. The maximum Gasteiger partial charge on any atom is 0.325 e. The number of anilines is 1. The molecule has 0 aromatic carbocycles. The summed E-state index contributed by atoms with van der Waals surface area (Å²) in [6.07, 6.45) is 0. The molecule has 0 spiro atoms. The smallest absolute Gasteiger partial charge is 0.325 e. The summed E-state index contributed by atoms with van der Waals surface area (Å²) >= 11 is 0. The Morgan fingerprint density at radius 3 is 2.67 bits per heavy atom. The summed E-state index contributed by atoms with van der Waals surface area (Å²) in [6, 6.07) is 2.91. The Kier molecular flexibility index (Phi) is 3.55. The third-order valence-corrected chi connectivity index (χ3v) is 1.56. The van der Waals surface area contributed by atoms with Gasteiger partial charge in [-0.2, -0.15) is 0 Å². The van der Waals surface area contributed by atoms with E-state index in [-0.39, 0.29) is 12.2 Å². The van der Waals surface area contributed by atoms with Crippen molar-refractivity contribution in [3.8, 4) is 0 Å². The topological polar surface area (TPSA) is 107 Å². The van der Waals surface area contributed by atoms with Crippen LogP contribution in [0.5, 0.6) is 0 Å². The van der Waals surface area contributed by atoms with Crippen LogP contribution in [-0.2, 0) is 9.53 Å². The fourth-order valence-electron chi connectivity index (χ4n) is 0.793. The molecule has 0 radical (unpaired) electrons. The fourth-order valence-corrected chi connectivity index (χ4v) is 0.793. The summed E-state index contributed by atoms with van der Waals surface area (Å²) in [5.41, 5.74) is 5.04. The van der Waals surface area contributed by atoms with Crippen LogP contribution < -0.4 is 11.1 Å². The van der Waals surface area contributed by atoms with Gasteiger partial charge in [0.1, 0.15) is 12.4 Å². The number of primary amides is 1. The van der Waals surface area contributed by atoms with E-state index >= 15 is 0 Å². The van der Waals surface area contributed by atoms with E-state index in [1.54, 1.807) is 0 Å². The van der Waals surface area contributed by atoms with Crippen molar-refractivity contribution in [2.45, 2.75) is 0 Å². The molecule has 1 aromatic heterocycles. The highest BCUT2D eigenvalue weighted by molar-refractivity contribution is 5.90. The summed E-state index contributed by atoms with van der Waals surface area (Å²) < 4.78 is 4.41. The van der Waals surface area contributed by atoms with Crippen LogP contribution >= 0.6 is 0 Å². The zero-order valence-electron chi connectivity index (χ0n) is 8.06. The molecule has 0 saturated carbocycles. The normalized spacial score (nSPS) is 9.40. The molecule has 0 bridgehead atoms. The maximum atomic E-state index is 10.8. The van der Waals surface area contributed by atoms with Crippen LogP contribution in [0.4, 0.5) is 5.82 Å². The first kappa shape index (κ1) is 10.9. The minimum Gasteiger partial charge on any atom is -0.468 e. The molecule has 1 heterocycles. The number of methoxy groups -OCH3 is 1. The van der Waals surface area contributed by atoms with Crippen LogP contribution in [-0.4, -0.2) is 35.7 Å². The average Bonchev–Trinajstić information content (AvgIpc) is 2.26. The van der Waals surface area contributed by atoms with Crippen molar-refractivity contribution in [1.82, 2.24) is 10.2 Å². The molecule has 3 N–H and O–H groups in total. The van der Waals surface area contributed by atoms with Crippen molar-refractivity contribution in [3.63, 3.8) is 0 Å². The zero-order chi connectivity index (χ0) is 11.3. The second kappa shape index (κ2) is 4.89. The standard InChI is InChI=1S/C8H10N4O3/c1-15-7(13)4-10-6-3-2-5(8(9)14)11-12-6/h2-3H,4H2,1H3,(H2,9,14)(H,10,12). The molecule has 0 aliphatic rings. The molecule has 7 heteroatoms. The molecule has 0 fully saturated rings. The SMILES string of the molecule is COC(=O)CNc1ccc(C(N)=O)nn1. The van der Waals surface area contributed by atoms with Gasteiger partial charge in [0.25, 0.3) is 5.91 Å². The summed E-state index contributed by atoms with van der Waals surface area (Å²) in [5, 5.41) is 9.84. The van der Waals surface area contributed by atoms with Gasteiger partial charge in [0.2, 0.25) is 0 Å². The van der Waals surface area contributed by atoms with Crippen LogP contribution in [0.1, 0.15) is 10.5 Å². The van der Waals surface area contributed by atoms with Crippen molar-refractivity contribution in [1.29, 1.82) is 0 Å². The number of esters is 1. The van der Waals surface area contributed by atoms with Gasteiger partial charge in [-0.1, -0.05) is 0 Å². The molecule has 1 rings (SSSR count). The Morgan fingerprint density at radius 1 is 1.47 bits per heavy atom. The predicted molar refractivity (Wildman–Crippen MR) is 51.1 cm³/mol. The fraction of sp³-hybridized carbons (Fsp3) is 0.250. The predicted octanol–water partition coefficient (Wildman–Crippen LogP) is -0.840. The number of carbonyl (C=O) groups excluding carboxylic acids is 2. The van der Waals surface area contributed by atoms with Gasteiger partial charge < -0.3 is 15.8 Å². The molecule has 0 aliphatic carbocycles. The summed E-state index contributed by atoms with van der Waals surface area (Å²) in [7, 11) is 1.28. The highest BCUT2D eigenvalue weighted by Gasteiger charge is 2.04.